The Hall–Kier alpha value is -2.90. The van der Waals surface area contributed by atoms with Crippen LogP contribution in [0.2, 0.25) is 0 Å². The number of sulfonamides is 1. The van der Waals surface area contributed by atoms with E-state index in [1.807, 2.05) is 10.6 Å². The zero-order valence-electron chi connectivity index (χ0n) is 19.6. The van der Waals surface area contributed by atoms with E-state index in [1.54, 1.807) is 36.7 Å². The van der Waals surface area contributed by atoms with Gasteiger partial charge in [0.1, 0.15) is 18.2 Å². The molecule has 1 aliphatic carbocycles. The third-order valence-corrected chi connectivity index (χ3v) is 6.68. The maximum Gasteiger partial charge on any atom is 0.391 e. The first kappa shape index (κ1) is 26.2. The van der Waals surface area contributed by atoms with Crippen LogP contribution in [0.25, 0.3) is 16.7 Å². The van der Waals surface area contributed by atoms with E-state index in [4.69, 9.17) is 4.74 Å². The lowest BCUT2D eigenvalue weighted by molar-refractivity contribution is -0.156. The van der Waals surface area contributed by atoms with Crippen LogP contribution < -0.4 is 14.8 Å². The molecule has 1 aromatic carbocycles. The molecule has 0 radical (unpaired) electrons. The Balaban J connectivity index is 1.43. The van der Waals surface area contributed by atoms with Crippen molar-refractivity contribution in [3.05, 3.63) is 42.7 Å². The summed E-state index contributed by atoms with van der Waals surface area (Å²) >= 11 is 0. The maximum atomic E-state index is 12.5. The van der Waals surface area contributed by atoms with Crippen LogP contribution in [-0.4, -0.2) is 65.3 Å². The van der Waals surface area contributed by atoms with Gasteiger partial charge in [-0.2, -0.15) is 18.2 Å². The first-order chi connectivity index (χ1) is 17.0. The summed E-state index contributed by atoms with van der Waals surface area (Å²) in [7, 11) is -3.23. The first-order valence-electron chi connectivity index (χ1n) is 11.5. The minimum absolute atomic E-state index is 0.0671. The molecule has 0 spiro atoms. The highest BCUT2D eigenvalue weighted by Crippen LogP contribution is 2.30. The predicted molar refractivity (Wildman–Crippen MR) is 129 cm³/mol. The number of hydrogen-bond donors (Lipinski definition) is 3. The Labute approximate surface area is 206 Å². The summed E-state index contributed by atoms with van der Waals surface area (Å²) in [5.74, 6) is 1.39. The minimum atomic E-state index is -4.47. The van der Waals surface area contributed by atoms with Gasteiger partial charge in [-0.1, -0.05) is 6.07 Å². The molecule has 1 aliphatic rings. The topological polar surface area (TPSA) is 118 Å². The number of benzene rings is 1. The summed E-state index contributed by atoms with van der Waals surface area (Å²) in [5, 5.41) is 13.6. The third kappa shape index (κ3) is 7.08. The van der Waals surface area contributed by atoms with Crippen molar-refractivity contribution in [3.63, 3.8) is 0 Å². The van der Waals surface area contributed by atoms with Gasteiger partial charge in [-0.25, -0.2) is 18.1 Å². The number of ether oxygens (including phenoxy) is 1. The zero-order chi connectivity index (χ0) is 25.9. The van der Waals surface area contributed by atoms with Crippen molar-refractivity contribution in [1.82, 2.24) is 19.3 Å². The van der Waals surface area contributed by atoms with Crippen LogP contribution in [0.3, 0.4) is 0 Å². The van der Waals surface area contributed by atoms with Crippen LogP contribution in [-0.2, 0) is 10.0 Å². The summed E-state index contributed by atoms with van der Waals surface area (Å²) in [6.07, 6.45) is 0.0741. The number of nitrogens with one attached hydrogen (secondary N) is 2. The second kappa shape index (κ2) is 10.6. The number of fused-ring (bicyclic) bond motifs is 1. The largest absolute Gasteiger partial charge is 0.490 e. The SMILES string of the molecule is CS(=O)(=O)N[C@H]1CC[C@H](Nc2nccc(-n3ccc4c(OCC(O)CC(F)(F)F)cccc43)n2)CC1. The van der Waals surface area contributed by atoms with E-state index in [9.17, 15) is 26.7 Å². The van der Waals surface area contributed by atoms with Gasteiger partial charge in [0.05, 0.1) is 24.3 Å². The smallest absolute Gasteiger partial charge is 0.391 e. The Morgan fingerprint density at radius 3 is 2.58 bits per heavy atom. The third-order valence-electron chi connectivity index (χ3n) is 5.92. The van der Waals surface area contributed by atoms with E-state index < -0.39 is 35.3 Å². The molecule has 36 heavy (non-hydrogen) atoms. The Bertz CT molecular complexity index is 1290. The zero-order valence-corrected chi connectivity index (χ0v) is 20.4. The van der Waals surface area contributed by atoms with Gasteiger partial charge in [-0.3, -0.25) is 0 Å². The van der Waals surface area contributed by atoms with Crippen LogP contribution in [0.1, 0.15) is 32.1 Å². The fourth-order valence-corrected chi connectivity index (χ4v) is 5.21. The van der Waals surface area contributed by atoms with Crippen molar-refractivity contribution < 1.29 is 31.4 Å². The van der Waals surface area contributed by atoms with Gasteiger partial charge in [0.25, 0.3) is 0 Å². The summed E-state index contributed by atoms with van der Waals surface area (Å²) < 4.78 is 70.3. The van der Waals surface area contributed by atoms with Gasteiger partial charge in [-0.05, 0) is 49.9 Å². The molecule has 196 valence electrons. The highest BCUT2D eigenvalue weighted by Gasteiger charge is 2.31. The van der Waals surface area contributed by atoms with Gasteiger partial charge in [0.15, 0.2) is 0 Å². The lowest BCUT2D eigenvalue weighted by atomic mass is 9.92. The van der Waals surface area contributed by atoms with E-state index in [0.717, 1.165) is 24.6 Å². The number of aliphatic hydroxyl groups excluding tert-OH is 1. The predicted octanol–water partition coefficient (Wildman–Crippen LogP) is 3.38. The lowest BCUT2D eigenvalue weighted by Gasteiger charge is -2.29. The number of halogens is 3. The first-order valence-corrected chi connectivity index (χ1v) is 13.4. The van der Waals surface area contributed by atoms with Crippen molar-refractivity contribution in [2.24, 2.45) is 0 Å². The minimum Gasteiger partial charge on any atom is -0.490 e. The molecule has 1 saturated carbocycles. The van der Waals surface area contributed by atoms with Crippen LogP contribution in [0.15, 0.2) is 42.7 Å². The van der Waals surface area contributed by atoms with Crippen molar-refractivity contribution >= 4 is 26.9 Å². The molecule has 1 unspecified atom stereocenters. The van der Waals surface area contributed by atoms with E-state index >= 15 is 0 Å². The normalized spacial score (nSPS) is 19.8. The van der Waals surface area contributed by atoms with Gasteiger partial charge in [-0.15, -0.1) is 0 Å². The quantitative estimate of drug-likeness (QED) is 0.390. The van der Waals surface area contributed by atoms with Crippen molar-refractivity contribution in [1.29, 1.82) is 0 Å². The van der Waals surface area contributed by atoms with Gasteiger partial charge >= 0.3 is 6.18 Å². The summed E-state index contributed by atoms with van der Waals surface area (Å²) in [6.45, 7) is -0.479. The molecule has 2 aromatic heterocycles. The Kier molecular flexibility index (Phi) is 7.71. The highest BCUT2D eigenvalue weighted by molar-refractivity contribution is 7.88. The standard InChI is InChI=1S/C23H28F3N5O4S/c1-36(33,34)30-16-7-5-15(6-8-16)28-22-27-11-9-21(29-22)31-12-10-18-19(31)3-2-4-20(18)35-14-17(32)13-23(24,25)26/h2-4,9-12,15-17,30,32H,5-8,13-14H2,1H3,(H,27,28,29)/t15-,16-,17?. The second-order valence-corrected chi connectivity index (χ2v) is 10.8. The highest BCUT2D eigenvalue weighted by atomic mass is 32.2. The molecule has 0 aliphatic heterocycles. The molecule has 3 aromatic rings. The molecule has 3 N–H and O–H groups in total. The van der Waals surface area contributed by atoms with Crippen LogP contribution >= 0.6 is 0 Å². The summed E-state index contributed by atoms with van der Waals surface area (Å²) in [6, 6.07) is 8.73. The van der Waals surface area contributed by atoms with Crippen LogP contribution in [0.4, 0.5) is 19.1 Å². The molecular weight excluding hydrogens is 499 g/mol. The molecular formula is C23H28F3N5O4S. The van der Waals surface area contributed by atoms with E-state index in [2.05, 4.69) is 20.0 Å². The maximum absolute atomic E-state index is 12.5. The number of hydrogen-bond acceptors (Lipinski definition) is 7. The molecule has 0 saturated heterocycles. The van der Waals surface area contributed by atoms with Gasteiger partial charge < -0.3 is 19.7 Å². The van der Waals surface area contributed by atoms with Crippen molar-refractivity contribution in [3.8, 4) is 11.6 Å². The average molecular weight is 528 g/mol. The average Bonchev–Trinajstić information content (AvgIpc) is 3.22. The number of aliphatic hydroxyl groups is 1. The van der Waals surface area contributed by atoms with E-state index in [1.165, 1.54) is 0 Å². The van der Waals surface area contributed by atoms with Crippen molar-refractivity contribution in [2.75, 3.05) is 18.2 Å². The number of nitrogens with zero attached hydrogens (tertiary/aromatic N) is 3. The summed E-state index contributed by atoms with van der Waals surface area (Å²) in [4.78, 5) is 8.91. The van der Waals surface area contributed by atoms with Gasteiger partial charge in [0, 0.05) is 29.9 Å². The molecule has 0 bridgehead atoms. The second-order valence-electron chi connectivity index (χ2n) is 8.98. The molecule has 13 heteroatoms. The lowest BCUT2D eigenvalue weighted by Crippen LogP contribution is -2.39. The van der Waals surface area contributed by atoms with E-state index in [-0.39, 0.29) is 12.1 Å². The van der Waals surface area contributed by atoms with Crippen molar-refractivity contribution in [2.45, 2.75) is 56.5 Å². The number of alkyl halides is 3. The van der Waals surface area contributed by atoms with Crippen LogP contribution in [0, 0.1) is 0 Å². The van der Waals surface area contributed by atoms with Gasteiger partial charge in [0.2, 0.25) is 16.0 Å². The monoisotopic (exact) mass is 527 g/mol. The Morgan fingerprint density at radius 2 is 1.89 bits per heavy atom. The summed E-state index contributed by atoms with van der Waals surface area (Å²) in [5.41, 5.74) is 0.731. The number of aromatic nitrogens is 3. The molecule has 4 rings (SSSR count). The number of rotatable bonds is 9. The molecule has 0 amide bonds. The molecule has 1 atom stereocenters. The number of anilines is 1. The Morgan fingerprint density at radius 1 is 1.17 bits per heavy atom. The molecule has 1 fully saturated rings. The van der Waals surface area contributed by atoms with E-state index in [0.29, 0.717) is 35.7 Å². The molecule has 9 nitrogen and oxygen atoms in total. The fourth-order valence-electron chi connectivity index (χ4n) is 4.37. The fraction of sp³-hybridized carbons (Fsp3) is 0.478. The van der Waals surface area contributed by atoms with Crippen LogP contribution in [0.5, 0.6) is 5.75 Å². The molecule has 2 heterocycles.